The molecule has 2 rings (SSSR count). The van der Waals surface area contributed by atoms with Crippen LogP contribution in [0.15, 0.2) is 12.1 Å². The molecule has 3 unspecified atom stereocenters. The molecular formula is C18H25ClO3. The summed E-state index contributed by atoms with van der Waals surface area (Å²) >= 11 is 6.30. The minimum Gasteiger partial charge on any atom is -0.493 e. The van der Waals surface area contributed by atoms with Gasteiger partial charge in [0, 0.05) is 5.02 Å². The van der Waals surface area contributed by atoms with Crippen LogP contribution in [-0.4, -0.2) is 17.7 Å². The first-order valence-corrected chi connectivity index (χ1v) is 8.51. The second kappa shape index (κ2) is 7.36. The maximum atomic E-state index is 11.0. The third kappa shape index (κ3) is 3.95. The van der Waals surface area contributed by atoms with Crippen LogP contribution in [0.1, 0.15) is 56.6 Å². The van der Waals surface area contributed by atoms with Crippen LogP contribution in [0, 0.1) is 18.8 Å². The molecule has 0 heterocycles. The van der Waals surface area contributed by atoms with Crippen molar-refractivity contribution in [3.8, 4) is 5.75 Å². The molecule has 0 bridgehead atoms. The van der Waals surface area contributed by atoms with E-state index in [0.717, 1.165) is 47.6 Å². The quantitative estimate of drug-likeness (QED) is 0.728. The van der Waals surface area contributed by atoms with Gasteiger partial charge in [0.1, 0.15) is 5.75 Å². The van der Waals surface area contributed by atoms with E-state index in [0.29, 0.717) is 18.4 Å². The monoisotopic (exact) mass is 324 g/mol. The highest BCUT2D eigenvalue weighted by Crippen LogP contribution is 2.47. The van der Waals surface area contributed by atoms with E-state index in [4.69, 9.17) is 21.4 Å². The molecule has 0 amide bonds. The predicted octanol–water partition coefficient (Wildman–Crippen LogP) is 5.04. The van der Waals surface area contributed by atoms with E-state index >= 15 is 0 Å². The fourth-order valence-electron chi connectivity index (χ4n) is 3.02. The van der Waals surface area contributed by atoms with Gasteiger partial charge in [-0.05, 0) is 67.7 Å². The van der Waals surface area contributed by atoms with Crippen LogP contribution in [0.5, 0.6) is 5.75 Å². The zero-order chi connectivity index (χ0) is 16.3. The number of aliphatic carboxylic acids is 1. The number of ether oxygens (including phenoxy) is 1. The number of carboxylic acid groups (broad SMARTS) is 1. The number of carbonyl (C=O) groups is 1. The molecule has 0 radical (unpaired) electrons. The van der Waals surface area contributed by atoms with Crippen molar-refractivity contribution < 1.29 is 14.6 Å². The molecule has 1 N–H and O–H groups in total. The summed E-state index contributed by atoms with van der Waals surface area (Å²) in [4.78, 5) is 11.0. The zero-order valence-electron chi connectivity index (χ0n) is 13.6. The third-order valence-corrected chi connectivity index (χ3v) is 4.92. The highest BCUT2D eigenvalue weighted by molar-refractivity contribution is 6.31. The van der Waals surface area contributed by atoms with Gasteiger partial charge in [-0.3, -0.25) is 4.79 Å². The average molecular weight is 325 g/mol. The molecule has 1 fully saturated rings. The molecule has 3 nitrogen and oxygen atoms in total. The van der Waals surface area contributed by atoms with E-state index < -0.39 is 5.97 Å². The summed E-state index contributed by atoms with van der Waals surface area (Å²) < 4.78 is 5.91. The second-order valence-electron chi connectivity index (χ2n) is 6.27. The summed E-state index contributed by atoms with van der Waals surface area (Å²) in [6.45, 7) is 6.89. The maximum Gasteiger partial charge on any atom is 0.306 e. The smallest absolute Gasteiger partial charge is 0.306 e. The number of benzene rings is 1. The first kappa shape index (κ1) is 17.1. The molecule has 0 aromatic heterocycles. The van der Waals surface area contributed by atoms with Gasteiger partial charge in [-0.1, -0.05) is 25.4 Å². The Kier molecular flexibility index (Phi) is 5.74. The fourth-order valence-corrected chi connectivity index (χ4v) is 3.19. The number of carboxylic acids is 1. The zero-order valence-corrected chi connectivity index (χ0v) is 14.3. The Bertz CT molecular complexity index is 541. The van der Waals surface area contributed by atoms with E-state index in [1.807, 2.05) is 19.1 Å². The fraction of sp³-hybridized carbons (Fsp3) is 0.611. The van der Waals surface area contributed by atoms with Gasteiger partial charge in [0.25, 0.3) is 0 Å². The van der Waals surface area contributed by atoms with Crippen LogP contribution in [0.25, 0.3) is 0 Å². The van der Waals surface area contributed by atoms with Crippen molar-refractivity contribution >= 4 is 17.6 Å². The number of hydrogen-bond donors (Lipinski definition) is 1. The van der Waals surface area contributed by atoms with Crippen molar-refractivity contribution in [2.24, 2.45) is 11.8 Å². The van der Waals surface area contributed by atoms with Crippen LogP contribution < -0.4 is 4.74 Å². The lowest BCUT2D eigenvalue weighted by molar-refractivity contribution is -0.138. The Morgan fingerprint density at radius 1 is 1.45 bits per heavy atom. The molecule has 0 saturated heterocycles. The number of hydrogen-bond acceptors (Lipinski definition) is 2. The van der Waals surface area contributed by atoms with Gasteiger partial charge in [-0.2, -0.15) is 0 Å². The molecule has 122 valence electrons. The first-order chi connectivity index (χ1) is 10.5. The van der Waals surface area contributed by atoms with Crippen molar-refractivity contribution in [1.82, 2.24) is 0 Å². The van der Waals surface area contributed by atoms with Crippen molar-refractivity contribution in [3.05, 3.63) is 28.3 Å². The predicted molar refractivity (Wildman–Crippen MR) is 88.9 cm³/mol. The molecule has 1 aromatic carbocycles. The van der Waals surface area contributed by atoms with Crippen molar-refractivity contribution in [2.45, 2.75) is 52.4 Å². The molecular weight excluding hydrogens is 300 g/mol. The Hall–Kier alpha value is -1.22. The Morgan fingerprint density at radius 3 is 2.73 bits per heavy atom. The Morgan fingerprint density at radius 2 is 2.18 bits per heavy atom. The van der Waals surface area contributed by atoms with Crippen LogP contribution in [0.3, 0.4) is 0 Å². The van der Waals surface area contributed by atoms with Crippen LogP contribution in [0.4, 0.5) is 0 Å². The lowest BCUT2D eigenvalue weighted by Gasteiger charge is -2.20. The third-order valence-electron chi connectivity index (χ3n) is 4.51. The molecule has 3 atom stereocenters. The van der Waals surface area contributed by atoms with Crippen molar-refractivity contribution in [3.63, 3.8) is 0 Å². The molecule has 1 saturated carbocycles. The van der Waals surface area contributed by atoms with E-state index in [2.05, 4.69) is 13.8 Å². The van der Waals surface area contributed by atoms with Crippen molar-refractivity contribution in [1.29, 1.82) is 0 Å². The van der Waals surface area contributed by atoms with Crippen LogP contribution in [-0.2, 0) is 4.79 Å². The van der Waals surface area contributed by atoms with Crippen LogP contribution >= 0.6 is 11.6 Å². The van der Waals surface area contributed by atoms with E-state index in [1.54, 1.807) is 0 Å². The number of halogens is 1. The van der Waals surface area contributed by atoms with Gasteiger partial charge in [0.15, 0.2) is 0 Å². The average Bonchev–Trinajstić information content (AvgIpc) is 3.25. The Balaban J connectivity index is 2.19. The maximum absolute atomic E-state index is 11.0. The van der Waals surface area contributed by atoms with E-state index in [-0.39, 0.29) is 5.92 Å². The highest BCUT2D eigenvalue weighted by Gasteiger charge is 2.44. The summed E-state index contributed by atoms with van der Waals surface area (Å²) in [5.41, 5.74) is 2.14. The molecule has 0 aliphatic heterocycles. The first-order valence-electron chi connectivity index (χ1n) is 8.13. The van der Waals surface area contributed by atoms with E-state index in [1.165, 1.54) is 0 Å². The number of rotatable bonds is 8. The van der Waals surface area contributed by atoms with E-state index in [9.17, 15) is 4.79 Å². The largest absolute Gasteiger partial charge is 0.493 e. The molecule has 1 aliphatic rings. The van der Waals surface area contributed by atoms with Gasteiger partial charge in [0.2, 0.25) is 0 Å². The highest BCUT2D eigenvalue weighted by atomic mass is 35.5. The summed E-state index contributed by atoms with van der Waals surface area (Å²) in [6.07, 6.45) is 3.62. The topological polar surface area (TPSA) is 46.5 Å². The summed E-state index contributed by atoms with van der Waals surface area (Å²) in [7, 11) is 0. The minimum absolute atomic E-state index is 0.157. The van der Waals surface area contributed by atoms with Gasteiger partial charge in [-0.25, -0.2) is 0 Å². The Labute approximate surface area is 137 Å². The van der Waals surface area contributed by atoms with Gasteiger partial charge in [0.05, 0.1) is 12.5 Å². The summed E-state index contributed by atoms with van der Waals surface area (Å²) in [6, 6.07) is 4.02. The molecule has 1 aromatic rings. The van der Waals surface area contributed by atoms with Crippen molar-refractivity contribution in [2.75, 3.05) is 6.61 Å². The minimum atomic E-state index is -0.663. The van der Waals surface area contributed by atoms with Crippen LogP contribution in [0.2, 0.25) is 5.02 Å². The molecule has 22 heavy (non-hydrogen) atoms. The SMILES string of the molecule is CCCOc1cc(C)c(Cl)cc1C(CC)CC1CC1C(=O)O. The molecule has 1 aliphatic carbocycles. The van der Waals surface area contributed by atoms with Gasteiger partial charge in [-0.15, -0.1) is 0 Å². The second-order valence-corrected chi connectivity index (χ2v) is 6.68. The summed E-state index contributed by atoms with van der Waals surface area (Å²) in [5, 5.41) is 9.84. The lowest BCUT2D eigenvalue weighted by atomic mass is 9.89. The number of aryl methyl sites for hydroxylation is 1. The van der Waals surface area contributed by atoms with Gasteiger partial charge < -0.3 is 9.84 Å². The normalized spacial score (nSPS) is 21.5. The molecule has 4 heteroatoms. The molecule has 0 spiro atoms. The van der Waals surface area contributed by atoms with Gasteiger partial charge >= 0.3 is 5.97 Å². The standard InChI is InChI=1S/C18H25ClO3/c1-4-6-22-17-7-11(3)16(19)10-14(17)12(5-2)8-13-9-15(13)18(20)21/h7,10,12-13,15H,4-6,8-9H2,1-3H3,(H,20,21). The summed E-state index contributed by atoms with van der Waals surface area (Å²) in [5.74, 6) is 0.684. The lowest BCUT2D eigenvalue weighted by Crippen LogP contribution is -2.07.